The Labute approximate surface area is 111 Å². The van der Waals surface area contributed by atoms with E-state index in [4.69, 9.17) is 9.94 Å². The molecule has 0 aliphatic heterocycles. The Morgan fingerprint density at radius 2 is 1.83 bits per heavy atom. The molecule has 5 heteroatoms. The maximum absolute atomic E-state index is 13.5. The summed E-state index contributed by atoms with van der Waals surface area (Å²) in [6.07, 6.45) is 0. The average Bonchev–Trinajstić information content (AvgIpc) is 2.35. The van der Waals surface area contributed by atoms with Crippen molar-refractivity contribution in [3.05, 3.63) is 59.9 Å². The molecule has 0 saturated heterocycles. The van der Waals surface area contributed by atoms with E-state index >= 15 is 0 Å². The molecule has 0 spiro atoms. The van der Waals surface area contributed by atoms with Gasteiger partial charge in [-0.05, 0) is 29.8 Å². The number of rotatable bonds is 4. The van der Waals surface area contributed by atoms with E-state index < -0.39 is 5.82 Å². The summed E-state index contributed by atoms with van der Waals surface area (Å²) in [4.78, 5) is 0. The molecule has 0 atom stereocenters. The van der Waals surface area contributed by atoms with Crippen LogP contribution in [0.3, 0.4) is 0 Å². The molecule has 2 rings (SSSR count). The number of hydroxylamine groups is 1. The largest absolute Gasteiger partial charge is 0.454 e. The molecule has 2 N–H and O–H groups in total. The zero-order valence-electron chi connectivity index (χ0n) is 9.47. The van der Waals surface area contributed by atoms with Crippen LogP contribution in [-0.2, 0) is 6.54 Å². The number of para-hydroxylation sites is 1. The Kier molecular flexibility index (Phi) is 5.58. The van der Waals surface area contributed by atoms with E-state index in [0.29, 0.717) is 5.75 Å². The van der Waals surface area contributed by atoms with Gasteiger partial charge in [0.1, 0.15) is 5.75 Å². The van der Waals surface area contributed by atoms with Crippen LogP contribution in [0.15, 0.2) is 48.5 Å². The third-order valence-electron chi connectivity index (χ3n) is 2.25. The molecule has 0 heterocycles. The third-order valence-corrected chi connectivity index (χ3v) is 2.25. The van der Waals surface area contributed by atoms with Crippen molar-refractivity contribution in [1.29, 1.82) is 0 Å². The van der Waals surface area contributed by atoms with Gasteiger partial charge in [-0.3, -0.25) is 0 Å². The molecule has 0 saturated carbocycles. The van der Waals surface area contributed by atoms with Gasteiger partial charge in [0.2, 0.25) is 0 Å². The number of halogens is 2. The number of hydrogen-bond donors (Lipinski definition) is 2. The van der Waals surface area contributed by atoms with Crippen molar-refractivity contribution in [2.24, 2.45) is 0 Å². The van der Waals surface area contributed by atoms with Gasteiger partial charge in [0.05, 0.1) is 0 Å². The highest BCUT2D eigenvalue weighted by molar-refractivity contribution is 5.85. The highest BCUT2D eigenvalue weighted by Crippen LogP contribution is 2.25. The summed E-state index contributed by atoms with van der Waals surface area (Å²) in [5, 5.41) is 8.59. The lowest BCUT2D eigenvalue weighted by Crippen LogP contribution is -2.06. The van der Waals surface area contributed by atoms with Gasteiger partial charge in [-0.15, -0.1) is 12.4 Å². The van der Waals surface area contributed by atoms with Crippen LogP contribution in [0.2, 0.25) is 0 Å². The van der Waals surface area contributed by atoms with Gasteiger partial charge in [0.25, 0.3) is 0 Å². The fourth-order valence-electron chi connectivity index (χ4n) is 1.44. The summed E-state index contributed by atoms with van der Waals surface area (Å²) in [7, 11) is 0. The van der Waals surface area contributed by atoms with Crippen LogP contribution < -0.4 is 10.2 Å². The summed E-state index contributed by atoms with van der Waals surface area (Å²) >= 11 is 0. The minimum atomic E-state index is -0.435. The van der Waals surface area contributed by atoms with Crippen molar-refractivity contribution in [2.75, 3.05) is 0 Å². The standard InChI is InChI=1S/C13H12FNO2.ClH/c14-12-7-6-10(9-15-16)8-13(12)17-11-4-2-1-3-5-11;/h1-8,15-16H,9H2;1H. The predicted octanol–water partition coefficient (Wildman–Crippen LogP) is 3.52. The first-order chi connectivity index (χ1) is 8.29. The van der Waals surface area contributed by atoms with Gasteiger partial charge in [-0.25, -0.2) is 9.87 Å². The predicted molar refractivity (Wildman–Crippen MR) is 68.8 cm³/mol. The van der Waals surface area contributed by atoms with Crippen LogP contribution >= 0.6 is 12.4 Å². The monoisotopic (exact) mass is 269 g/mol. The molecule has 0 unspecified atom stereocenters. The highest BCUT2D eigenvalue weighted by Gasteiger charge is 2.05. The Morgan fingerprint density at radius 3 is 2.50 bits per heavy atom. The number of ether oxygens (including phenoxy) is 1. The molecule has 0 fully saturated rings. The summed E-state index contributed by atoms with van der Waals surface area (Å²) in [5.74, 6) is 0.278. The van der Waals surface area contributed by atoms with E-state index in [2.05, 4.69) is 0 Å². The van der Waals surface area contributed by atoms with E-state index in [0.717, 1.165) is 5.56 Å². The fraction of sp³-hybridized carbons (Fsp3) is 0.0769. The molecule has 2 aromatic rings. The molecule has 0 amide bonds. The summed E-state index contributed by atoms with van der Waals surface area (Å²) in [6.45, 7) is 0.241. The summed E-state index contributed by atoms with van der Waals surface area (Å²) < 4.78 is 18.9. The smallest absolute Gasteiger partial charge is 0.165 e. The van der Waals surface area contributed by atoms with Gasteiger partial charge in [-0.1, -0.05) is 24.3 Å². The lowest BCUT2D eigenvalue weighted by atomic mass is 10.2. The first kappa shape index (κ1) is 14.4. The average molecular weight is 270 g/mol. The van der Waals surface area contributed by atoms with Crippen molar-refractivity contribution in [3.63, 3.8) is 0 Å². The Hall–Kier alpha value is -1.62. The minimum absolute atomic E-state index is 0. The number of nitrogens with one attached hydrogen (secondary N) is 1. The molecule has 0 bridgehead atoms. The van der Waals surface area contributed by atoms with Gasteiger partial charge in [0, 0.05) is 6.54 Å². The lowest BCUT2D eigenvalue weighted by molar-refractivity contribution is 0.161. The molecule has 18 heavy (non-hydrogen) atoms. The summed E-state index contributed by atoms with van der Waals surface area (Å²) in [6, 6.07) is 13.4. The van der Waals surface area contributed by atoms with Crippen LogP contribution in [0.4, 0.5) is 4.39 Å². The molecule has 0 aromatic heterocycles. The quantitative estimate of drug-likeness (QED) is 0.835. The van der Waals surface area contributed by atoms with Crippen LogP contribution in [0.25, 0.3) is 0 Å². The topological polar surface area (TPSA) is 41.5 Å². The highest BCUT2D eigenvalue weighted by atomic mass is 35.5. The van der Waals surface area contributed by atoms with Crippen LogP contribution in [-0.4, -0.2) is 5.21 Å². The Bertz CT molecular complexity index is 494. The van der Waals surface area contributed by atoms with Gasteiger partial charge >= 0.3 is 0 Å². The second-order valence-corrected chi connectivity index (χ2v) is 3.51. The van der Waals surface area contributed by atoms with Crippen LogP contribution in [0, 0.1) is 5.82 Å². The number of hydrogen-bond acceptors (Lipinski definition) is 3. The molecule has 0 aliphatic carbocycles. The van der Waals surface area contributed by atoms with Crippen molar-refractivity contribution in [1.82, 2.24) is 5.48 Å². The van der Waals surface area contributed by atoms with Crippen molar-refractivity contribution in [3.8, 4) is 11.5 Å². The SMILES string of the molecule is Cl.ONCc1ccc(F)c(Oc2ccccc2)c1. The van der Waals surface area contributed by atoms with Crippen molar-refractivity contribution >= 4 is 12.4 Å². The molecule has 0 radical (unpaired) electrons. The fourth-order valence-corrected chi connectivity index (χ4v) is 1.44. The van der Waals surface area contributed by atoms with Gasteiger partial charge in [-0.2, -0.15) is 0 Å². The zero-order chi connectivity index (χ0) is 12.1. The Morgan fingerprint density at radius 1 is 1.11 bits per heavy atom. The molecule has 0 aliphatic rings. The van der Waals surface area contributed by atoms with Gasteiger partial charge in [0.15, 0.2) is 11.6 Å². The van der Waals surface area contributed by atoms with E-state index in [1.807, 2.05) is 23.7 Å². The van der Waals surface area contributed by atoms with Gasteiger partial charge < -0.3 is 9.94 Å². The Balaban J connectivity index is 0.00000162. The van der Waals surface area contributed by atoms with E-state index in [9.17, 15) is 4.39 Å². The second kappa shape index (κ2) is 6.96. The first-order valence-electron chi connectivity index (χ1n) is 5.18. The molecular formula is C13H13ClFNO2. The van der Waals surface area contributed by atoms with E-state index in [1.54, 1.807) is 24.3 Å². The zero-order valence-corrected chi connectivity index (χ0v) is 10.3. The minimum Gasteiger partial charge on any atom is -0.454 e. The van der Waals surface area contributed by atoms with E-state index in [1.165, 1.54) is 6.07 Å². The lowest BCUT2D eigenvalue weighted by Gasteiger charge is -2.08. The first-order valence-corrected chi connectivity index (χ1v) is 5.18. The molecular weight excluding hydrogens is 257 g/mol. The number of benzene rings is 2. The maximum Gasteiger partial charge on any atom is 0.165 e. The normalized spacial score (nSPS) is 9.67. The summed E-state index contributed by atoms with van der Waals surface area (Å²) in [5.41, 5.74) is 2.75. The van der Waals surface area contributed by atoms with Crippen LogP contribution in [0.5, 0.6) is 11.5 Å². The molecule has 96 valence electrons. The van der Waals surface area contributed by atoms with Crippen molar-refractivity contribution < 1.29 is 14.3 Å². The molecule has 2 aromatic carbocycles. The second-order valence-electron chi connectivity index (χ2n) is 3.51. The third kappa shape index (κ3) is 3.70. The maximum atomic E-state index is 13.5. The van der Waals surface area contributed by atoms with E-state index in [-0.39, 0.29) is 24.7 Å². The van der Waals surface area contributed by atoms with Crippen molar-refractivity contribution in [2.45, 2.75) is 6.54 Å². The van der Waals surface area contributed by atoms with Crippen LogP contribution in [0.1, 0.15) is 5.56 Å². The molecule has 3 nitrogen and oxygen atoms in total.